The molecule has 1 aromatic carbocycles. The van der Waals surface area contributed by atoms with Gasteiger partial charge in [-0.2, -0.15) is 4.98 Å². The molecule has 0 atom stereocenters. The fraction of sp³-hybridized carbons (Fsp3) is 0.0769. The van der Waals surface area contributed by atoms with Gasteiger partial charge in [0.15, 0.2) is 5.82 Å². The molecule has 0 saturated carbocycles. The van der Waals surface area contributed by atoms with Gasteiger partial charge in [-0.25, -0.2) is 0 Å². The summed E-state index contributed by atoms with van der Waals surface area (Å²) < 4.78 is 5.23. The van der Waals surface area contributed by atoms with Crippen LogP contribution in [0.3, 0.4) is 0 Å². The molecule has 2 N–H and O–H groups in total. The van der Waals surface area contributed by atoms with Gasteiger partial charge in [0.25, 0.3) is 5.89 Å². The lowest BCUT2D eigenvalue weighted by Crippen LogP contribution is -1.87. The van der Waals surface area contributed by atoms with Crippen LogP contribution in [0.1, 0.15) is 5.82 Å². The Morgan fingerprint density at radius 3 is 3.00 bits per heavy atom. The zero-order valence-corrected chi connectivity index (χ0v) is 12.6. The number of nitrogen functional groups attached to an aromatic ring is 1. The molecule has 0 aliphatic heterocycles. The maximum absolute atomic E-state index is 6.12. The molecule has 0 radical (unpaired) electrons. The van der Waals surface area contributed by atoms with Crippen LogP contribution in [0.15, 0.2) is 45.1 Å². The number of benzene rings is 1. The van der Waals surface area contributed by atoms with Crippen molar-refractivity contribution in [1.29, 1.82) is 0 Å². The molecule has 7 heteroatoms. The Labute approximate surface area is 129 Å². The highest BCUT2D eigenvalue weighted by molar-refractivity contribution is 7.98. The number of aromatic nitrogens is 2. The summed E-state index contributed by atoms with van der Waals surface area (Å²) >= 11 is 9.24. The highest BCUT2D eigenvalue weighted by Crippen LogP contribution is 2.31. The van der Waals surface area contributed by atoms with Gasteiger partial charge in [-0.15, -0.1) is 23.1 Å². The van der Waals surface area contributed by atoms with Gasteiger partial charge in [-0.05, 0) is 29.6 Å². The summed E-state index contributed by atoms with van der Waals surface area (Å²) in [5.41, 5.74) is 6.31. The monoisotopic (exact) mass is 323 g/mol. The molecule has 3 rings (SSSR count). The van der Waals surface area contributed by atoms with Crippen molar-refractivity contribution in [3.63, 3.8) is 0 Å². The van der Waals surface area contributed by atoms with Gasteiger partial charge in [0, 0.05) is 10.6 Å². The average Bonchev–Trinajstić information content (AvgIpc) is 3.08. The molecule has 4 nitrogen and oxygen atoms in total. The van der Waals surface area contributed by atoms with Crippen molar-refractivity contribution in [3.05, 3.63) is 46.6 Å². The van der Waals surface area contributed by atoms with Crippen LogP contribution in [0, 0.1) is 0 Å². The smallest absolute Gasteiger partial charge is 0.268 e. The molecule has 0 aliphatic rings. The summed E-state index contributed by atoms with van der Waals surface area (Å²) in [5, 5.41) is 6.58. The van der Waals surface area contributed by atoms with Crippen molar-refractivity contribution >= 4 is 40.4 Å². The van der Waals surface area contributed by atoms with Crippen molar-refractivity contribution in [1.82, 2.24) is 10.1 Å². The van der Waals surface area contributed by atoms with Crippen LogP contribution >= 0.6 is 34.7 Å². The Morgan fingerprint density at radius 2 is 2.25 bits per heavy atom. The Bertz CT molecular complexity index is 712. The van der Waals surface area contributed by atoms with Crippen molar-refractivity contribution in [3.8, 4) is 10.8 Å². The average molecular weight is 324 g/mol. The van der Waals surface area contributed by atoms with Gasteiger partial charge < -0.3 is 10.3 Å². The van der Waals surface area contributed by atoms with E-state index >= 15 is 0 Å². The maximum atomic E-state index is 6.12. The zero-order valence-electron chi connectivity index (χ0n) is 10.2. The van der Waals surface area contributed by atoms with E-state index in [-0.39, 0.29) is 0 Å². The molecule has 2 aromatic heterocycles. The Balaban J connectivity index is 1.70. The minimum Gasteiger partial charge on any atom is -0.399 e. The summed E-state index contributed by atoms with van der Waals surface area (Å²) in [6.45, 7) is 0. The van der Waals surface area contributed by atoms with Gasteiger partial charge in [0.05, 0.1) is 15.7 Å². The Morgan fingerprint density at radius 1 is 1.35 bits per heavy atom. The minimum atomic E-state index is 0.555. The number of rotatable bonds is 4. The molecule has 2 heterocycles. The van der Waals surface area contributed by atoms with Crippen molar-refractivity contribution in [2.75, 3.05) is 5.73 Å². The van der Waals surface area contributed by atoms with Crippen LogP contribution in [0.2, 0.25) is 5.02 Å². The second-order valence-electron chi connectivity index (χ2n) is 3.97. The molecule has 0 fully saturated rings. The zero-order chi connectivity index (χ0) is 13.9. The van der Waals surface area contributed by atoms with E-state index in [1.165, 1.54) is 0 Å². The van der Waals surface area contributed by atoms with Crippen LogP contribution in [-0.2, 0) is 5.75 Å². The van der Waals surface area contributed by atoms with Crippen molar-refractivity contribution in [2.45, 2.75) is 10.6 Å². The fourth-order valence-electron chi connectivity index (χ4n) is 1.59. The quantitative estimate of drug-likeness (QED) is 0.572. The van der Waals surface area contributed by atoms with Crippen LogP contribution in [0.5, 0.6) is 0 Å². The van der Waals surface area contributed by atoms with E-state index in [2.05, 4.69) is 10.1 Å². The maximum Gasteiger partial charge on any atom is 0.268 e. The molecule has 102 valence electrons. The predicted molar refractivity (Wildman–Crippen MR) is 83.0 cm³/mol. The second-order valence-corrected chi connectivity index (χ2v) is 6.34. The highest BCUT2D eigenvalue weighted by atomic mass is 35.5. The van der Waals surface area contributed by atoms with E-state index < -0.39 is 0 Å². The molecule has 0 saturated heterocycles. The number of hydrogen-bond acceptors (Lipinski definition) is 6. The Kier molecular flexibility index (Phi) is 3.95. The predicted octanol–water partition coefficient (Wildman–Crippen LogP) is 4.33. The van der Waals surface area contributed by atoms with E-state index in [1.807, 2.05) is 29.6 Å². The molecular formula is C13H10ClN3OS2. The third-order valence-corrected chi connectivity index (χ3v) is 4.86. The standard InChI is InChI=1S/C13H10ClN3OS2/c14-9-6-8(15)3-4-10(9)20-7-12-16-13(18-17-12)11-2-1-5-19-11/h1-6H,7,15H2. The van der Waals surface area contributed by atoms with E-state index in [0.29, 0.717) is 28.2 Å². The van der Waals surface area contributed by atoms with Gasteiger partial charge in [0.1, 0.15) is 0 Å². The fourth-order valence-corrected chi connectivity index (χ4v) is 3.35. The third-order valence-electron chi connectivity index (χ3n) is 2.51. The summed E-state index contributed by atoms with van der Waals surface area (Å²) in [5.74, 6) is 1.80. The number of hydrogen-bond donors (Lipinski definition) is 1. The van der Waals surface area contributed by atoms with E-state index in [0.717, 1.165) is 9.77 Å². The number of thiophene rings is 1. The molecular weight excluding hydrogens is 314 g/mol. The van der Waals surface area contributed by atoms with Crippen molar-refractivity contribution < 1.29 is 4.52 Å². The summed E-state index contributed by atoms with van der Waals surface area (Å²) in [7, 11) is 0. The summed E-state index contributed by atoms with van der Waals surface area (Å²) in [6, 6.07) is 9.35. The number of halogens is 1. The first kappa shape index (κ1) is 13.5. The minimum absolute atomic E-state index is 0.555. The van der Waals surface area contributed by atoms with Crippen LogP contribution in [0.25, 0.3) is 10.8 Å². The Hall–Kier alpha value is -1.50. The number of thioether (sulfide) groups is 1. The SMILES string of the molecule is Nc1ccc(SCc2noc(-c3cccs3)n2)c(Cl)c1. The lowest BCUT2D eigenvalue weighted by Gasteiger charge is -2.02. The first-order valence-electron chi connectivity index (χ1n) is 5.76. The van der Waals surface area contributed by atoms with Crippen LogP contribution in [0.4, 0.5) is 5.69 Å². The van der Waals surface area contributed by atoms with E-state index in [9.17, 15) is 0 Å². The van der Waals surface area contributed by atoms with Crippen LogP contribution < -0.4 is 5.73 Å². The van der Waals surface area contributed by atoms with E-state index in [4.69, 9.17) is 21.9 Å². The number of nitrogens with zero attached hydrogens (tertiary/aromatic N) is 2. The molecule has 0 amide bonds. The third kappa shape index (κ3) is 2.98. The number of nitrogens with two attached hydrogens (primary N) is 1. The normalized spacial score (nSPS) is 10.8. The molecule has 20 heavy (non-hydrogen) atoms. The summed E-state index contributed by atoms with van der Waals surface area (Å²) in [6.07, 6.45) is 0. The van der Waals surface area contributed by atoms with E-state index in [1.54, 1.807) is 29.2 Å². The van der Waals surface area contributed by atoms with Crippen molar-refractivity contribution in [2.24, 2.45) is 0 Å². The highest BCUT2D eigenvalue weighted by Gasteiger charge is 2.10. The lowest BCUT2D eigenvalue weighted by molar-refractivity contribution is 0.426. The second kappa shape index (κ2) is 5.87. The summed E-state index contributed by atoms with van der Waals surface area (Å²) in [4.78, 5) is 6.28. The topological polar surface area (TPSA) is 64.9 Å². The first-order valence-corrected chi connectivity index (χ1v) is 8.01. The number of anilines is 1. The lowest BCUT2D eigenvalue weighted by atomic mass is 10.3. The molecule has 0 unspecified atom stereocenters. The van der Waals surface area contributed by atoms with Gasteiger partial charge in [-0.3, -0.25) is 0 Å². The molecule has 0 aliphatic carbocycles. The van der Waals surface area contributed by atoms with Gasteiger partial charge >= 0.3 is 0 Å². The largest absolute Gasteiger partial charge is 0.399 e. The molecule has 3 aromatic rings. The van der Waals surface area contributed by atoms with Gasteiger partial charge in [-0.1, -0.05) is 22.8 Å². The molecule has 0 spiro atoms. The molecule has 0 bridgehead atoms. The first-order chi connectivity index (χ1) is 9.72. The van der Waals surface area contributed by atoms with Crippen LogP contribution in [-0.4, -0.2) is 10.1 Å². The van der Waals surface area contributed by atoms with Gasteiger partial charge in [0.2, 0.25) is 0 Å².